The van der Waals surface area contributed by atoms with Gasteiger partial charge in [0.1, 0.15) is 11.6 Å². The predicted octanol–water partition coefficient (Wildman–Crippen LogP) is 2.65. The van der Waals surface area contributed by atoms with E-state index >= 15 is 0 Å². The van der Waals surface area contributed by atoms with Crippen LogP contribution in [0, 0.1) is 0 Å². The zero-order chi connectivity index (χ0) is 10.6. The fraction of sp³-hybridized carbons (Fsp3) is 0.545. The van der Waals surface area contributed by atoms with E-state index in [9.17, 15) is 0 Å². The molecule has 0 aliphatic heterocycles. The highest BCUT2D eigenvalue weighted by molar-refractivity contribution is 5.46. The van der Waals surface area contributed by atoms with Crippen molar-refractivity contribution in [1.29, 1.82) is 0 Å². The number of aromatic nitrogens is 1. The average molecular weight is 194 g/mol. The first-order chi connectivity index (χ1) is 6.69. The molecule has 1 aromatic heterocycles. The van der Waals surface area contributed by atoms with E-state index in [1.807, 2.05) is 19.2 Å². The first kappa shape index (κ1) is 10.8. The first-order valence-electron chi connectivity index (χ1n) is 4.96. The van der Waals surface area contributed by atoms with E-state index in [1.165, 1.54) is 0 Å². The van der Waals surface area contributed by atoms with E-state index in [1.54, 1.807) is 7.11 Å². The minimum Gasteiger partial charge on any atom is -0.496 e. The summed E-state index contributed by atoms with van der Waals surface area (Å²) in [6, 6.07) is 1.94. The highest BCUT2D eigenvalue weighted by Gasteiger charge is 2.08. The molecule has 78 valence electrons. The predicted molar refractivity (Wildman–Crippen MR) is 59.0 cm³/mol. The van der Waals surface area contributed by atoms with Crippen LogP contribution in [-0.4, -0.2) is 18.6 Å². The third-order valence-corrected chi connectivity index (χ3v) is 2.09. The van der Waals surface area contributed by atoms with Crippen molar-refractivity contribution in [2.45, 2.75) is 26.7 Å². The van der Waals surface area contributed by atoms with Crippen molar-refractivity contribution in [2.75, 3.05) is 19.0 Å². The number of nitrogens with zero attached hydrogens (tertiary/aromatic N) is 1. The molecule has 0 saturated carbocycles. The fourth-order valence-corrected chi connectivity index (χ4v) is 1.34. The number of anilines is 1. The molecule has 3 heteroatoms. The lowest BCUT2D eigenvalue weighted by Crippen LogP contribution is -2.02. The Bertz CT molecular complexity index is 297. The first-order valence-corrected chi connectivity index (χ1v) is 4.96. The second-order valence-electron chi connectivity index (χ2n) is 3.50. The van der Waals surface area contributed by atoms with Crippen molar-refractivity contribution in [3.8, 4) is 5.75 Å². The Kier molecular flexibility index (Phi) is 3.74. The van der Waals surface area contributed by atoms with Crippen molar-refractivity contribution in [1.82, 2.24) is 4.98 Å². The summed E-state index contributed by atoms with van der Waals surface area (Å²) >= 11 is 0. The highest BCUT2D eigenvalue weighted by Crippen LogP contribution is 2.27. The molecule has 0 aromatic carbocycles. The Morgan fingerprint density at radius 3 is 2.71 bits per heavy atom. The molecule has 0 bridgehead atoms. The van der Waals surface area contributed by atoms with Gasteiger partial charge in [-0.3, -0.25) is 0 Å². The van der Waals surface area contributed by atoms with Crippen LogP contribution in [0.5, 0.6) is 5.75 Å². The van der Waals surface area contributed by atoms with Crippen LogP contribution < -0.4 is 10.1 Å². The number of nitrogens with one attached hydrogen (secondary N) is 1. The lowest BCUT2D eigenvalue weighted by molar-refractivity contribution is 0.407. The lowest BCUT2D eigenvalue weighted by Gasteiger charge is -2.12. The normalized spacial score (nSPS) is 10.4. The van der Waals surface area contributed by atoms with Crippen molar-refractivity contribution < 1.29 is 4.74 Å². The average Bonchev–Trinajstić information content (AvgIpc) is 2.17. The van der Waals surface area contributed by atoms with Gasteiger partial charge in [0, 0.05) is 24.4 Å². The number of methoxy groups -OCH3 is 1. The van der Waals surface area contributed by atoms with Crippen LogP contribution in [0.15, 0.2) is 12.3 Å². The molecule has 0 fully saturated rings. The van der Waals surface area contributed by atoms with Crippen LogP contribution in [0.1, 0.15) is 32.3 Å². The van der Waals surface area contributed by atoms with Gasteiger partial charge in [-0.1, -0.05) is 13.8 Å². The molecule has 0 aliphatic rings. The largest absolute Gasteiger partial charge is 0.496 e. The van der Waals surface area contributed by atoms with Crippen LogP contribution in [0.2, 0.25) is 0 Å². The number of rotatable bonds is 4. The van der Waals surface area contributed by atoms with Gasteiger partial charge in [-0.05, 0) is 12.8 Å². The Hall–Kier alpha value is -1.25. The monoisotopic (exact) mass is 194 g/mol. The molecule has 0 unspecified atom stereocenters. The van der Waals surface area contributed by atoms with E-state index in [-0.39, 0.29) is 0 Å². The van der Waals surface area contributed by atoms with Gasteiger partial charge in [-0.2, -0.15) is 0 Å². The van der Waals surface area contributed by atoms with Crippen molar-refractivity contribution in [2.24, 2.45) is 0 Å². The van der Waals surface area contributed by atoms with Gasteiger partial charge in [0.2, 0.25) is 0 Å². The smallest absolute Gasteiger partial charge is 0.129 e. The molecule has 0 spiro atoms. The second kappa shape index (κ2) is 4.84. The lowest BCUT2D eigenvalue weighted by atomic mass is 10.0. The summed E-state index contributed by atoms with van der Waals surface area (Å²) in [6.45, 7) is 7.18. The molecule has 0 amide bonds. The number of hydrogen-bond acceptors (Lipinski definition) is 3. The van der Waals surface area contributed by atoms with Gasteiger partial charge in [-0.15, -0.1) is 0 Å². The summed E-state index contributed by atoms with van der Waals surface area (Å²) in [4.78, 5) is 4.31. The Balaban J connectivity index is 2.99. The van der Waals surface area contributed by atoms with Gasteiger partial charge < -0.3 is 10.1 Å². The summed E-state index contributed by atoms with van der Waals surface area (Å²) in [5.74, 6) is 2.22. The van der Waals surface area contributed by atoms with Gasteiger partial charge in [0.15, 0.2) is 0 Å². The van der Waals surface area contributed by atoms with Crippen LogP contribution >= 0.6 is 0 Å². The molecular formula is C11H18N2O. The number of ether oxygens (including phenoxy) is 1. The van der Waals surface area contributed by atoms with Crippen LogP contribution in [-0.2, 0) is 0 Å². The van der Waals surface area contributed by atoms with E-state index in [2.05, 4.69) is 24.1 Å². The third-order valence-electron chi connectivity index (χ3n) is 2.09. The van der Waals surface area contributed by atoms with E-state index < -0.39 is 0 Å². The van der Waals surface area contributed by atoms with Crippen molar-refractivity contribution >= 4 is 5.82 Å². The third kappa shape index (κ3) is 2.37. The Morgan fingerprint density at radius 1 is 1.50 bits per heavy atom. The summed E-state index contributed by atoms with van der Waals surface area (Å²) < 4.78 is 5.31. The molecule has 1 heterocycles. The van der Waals surface area contributed by atoms with Crippen LogP contribution in [0.4, 0.5) is 5.82 Å². The quantitative estimate of drug-likeness (QED) is 0.800. The summed E-state index contributed by atoms with van der Waals surface area (Å²) in [6.07, 6.45) is 1.88. The van der Waals surface area contributed by atoms with Gasteiger partial charge in [0.05, 0.1) is 7.11 Å². The fourth-order valence-electron chi connectivity index (χ4n) is 1.34. The van der Waals surface area contributed by atoms with Crippen molar-refractivity contribution in [3.63, 3.8) is 0 Å². The van der Waals surface area contributed by atoms with Gasteiger partial charge >= 0.3 is 0 Å². The van der Waals surface area contributed by atoms with E-state index in [0.717, 1.165) is 23.7 Å². The van der Waals surface area contributed by atoms with E-state index in [0.29, 0.717) is 5.92 Å². The maximum Gasteiger partial charge on any atom is 0.129 e. The Labute approximate surface area is 85.5 Å². The molecule has 1 aromatic rings. The highest BCUT2D eigenvalue weighted by atomic mass is 16.5. The second-order valence-corrected chi connectivity index (χ2v) is 3.50. The summed E-state index contributed by atoms with van der Waals surface area (Å²) in [5.41, 5.74) is 1.15. The number of hydrogen-bond donors (Lipinski definition) is 1. The maximum atomic E-state index is 5.31. The van der Waals surface area contributed by atoms with Gasteiger partial charge in [-0.25, -0.2) is 4.98 Å². The van der Waals surface area contributed by atoms with Gasteiger partial charge in [0.25, 0.3) is 0 Å². The standard InChI is InChI=1S/C11H18N2O/c1-5-12-11-6-10(14-4)9(7-13-11)8(2)3/h6-8H,5H2,1-4H3,(H,12,13). The zero-order valence-electron chi connectivity index (χ0n) is 9.29. The van der Waals surface area contributed by atoms with Crippen LogP contribution in [0.25, 0.3) is 0 Å². The molecule has 14 heavy (non-hydrogen) atoms. The molecule has 0 radical (unpaired) electrons. The van der Waals surface area contributed by atoms with Crippen molar-refractivity contribution in [3.05, 3.63) is 17.8 Å². The molecule has 0 saturated heterocycles. The van der Waals surface area contributed by atoms with Crippen LogP contribution in [0.3, 0.4) is 0 Å². The molecule has 1 rings (SSSR count). The Morgan fingerprint density at radius 2 is 2.21 bits per heavy atom. The summed E-state index contributed by atoms with van der Waals surface area (Å²) in [7, 11) is 1.69. The topological polar surface area (TPSA) is 34.1 Å². The SMILES string of the molecule is CCNc1cc(OC)c(C(C)C)cn1. The summed E-state index contributed by atoms with van der Waals surface area (Å²) in [5, 5.41) is 3.16. The maximum absolute atomic E-state index is 5.31. The molecule has 0 aliphatic carbocycles. The number of pyridine rings is 1. The molecule has 3 nitrogen and oxygen atoms in total. The minimum atomic E-state index is 0.438. The zero-order valence-corrected chi connectivity index (χ0v) is 9.29. The van der Waals surface area contributed by atoms with E-state index in [4.69, 9.17) is 4.74 Å². The molecule has 0 atom stereocenters. The molecule has 1 N–H and O–H groups in total. The molecular weight excluding hydrogens is 176 g/mol. The minimum absolute atomic E-state index is 0.438.